The monoisotopic (exact) mass is 318 g/mol. The van der Waals surface area contributed by atoms with Crippen LogP contribution in [0.4, 0.5) is 0 Å². The van der Waals surface area contributed by atoms with Gasteiger partial charge in [0.25, 0.3) is 5.91 Å². The number of aromatic nitrogens is 1. The molecule has 22 heavy (non-hydrogen) atoms. The fourth-order valence-corrected chi connectivity index (χ4v) is 3.42. The number of nitriles is 1. The van der Waals surface area contributed by atoms with E-state index in [0.29, 0.717) is 12.6 Å². The molecular weight excluding hydrogens is 296 g/mol. The van der Waals surface area contributed by atoms with Gasteiger partial charge in [0.1, 0.15) is 16.6 Å². The third kappa shape index (κ3) is 3.93. The molecule has 1 aliphatic heterocycles. The van der Waals surface area contributed by atoms with Crippen LogP contribution in [0.1, 0.15) is 42.8 Å². The van der Waals surface area contributed by atoms with Crippen LogP contribution in [0, 0.1) is 11.3 Å². The summed E-state index contributed by atoms with van der Waals surface area (Å²) in [5, 5.41) is 12.6. The largest absolute Gasteiger partial charge is 0.351 e. The van der Waals surface area contributed by atoms with Crippen LogP contribution in [0.15, 0.2) is 5.57 Å². The van der Waals surface area contributed by atoms with Crippen molar-refractivity contribution in [3.8, 4) is 6.07 Å². The fraction of sp³-hybridized carbons (Fsp3) is 0.562. The lowest BCUT2D eigenvalue weighted by atomic mass is 10.1. The van der Waals surface area contributed by atoms with Crippen LogP contribution in [-0.4, -0.2) is 34.9 Å². The molecule has 0 bridgehead atoms. The molecule has 0 saturated carbocycles. The van der Waals surface area contributed by atoms with Gasteiger partial charge >= 0.3 is 0 Å². The molecule has 0 unspecified atom stereocenters. The molecule has 2 heterocycles. The van der Waals surface area contributed by atoms with Crippen molar-refractivity contribution >= 4 is 23.3 Å². The summed E-state index contributed by atoms with van der Waals surface area (Å²) in [5.41, 5.74) is 1.24. The molecule has 1 aromatic rings. The van der Waals surface area contributed by atoms with Gasteiger partial charge in [-0.05, 0) is 26.3 Å². The van der Waals surface area contributed by atoms with Crippen molar-refractivity contribution in [2.24, 2.45) is 0 Å². The van der Waals surface area contributed by atoms with Gasteiger partial charge in [-0.15, -0.1) is 11.3 Å². The second kappa shape index (κ2) is 7.52. The highest BCUT2D eigenvalue weighted by atomic mass is 32.1. The van der Waals surface area contributed by atoms with Gasteiger partial charge in [-0.1, -0.05) is 6.92 Å². The molecule has 0 spiro atoms. The average Bonchev–Trinajstić information content (AvgIpc) is 2.91. The maximum absolute atomic E-state index is 11.9. The van der Waals surface area contributed by atoms with Crippen LogP contribution in [0.25, 0.3) is 6.08 Å². The third-order valence-electron chi connectivity index (χ3n) is 3.68. The summed E-state index contributed by atoms with van der Waals surface area (Å²) in [5.74, 6) is -0.318. The summed E-state index contributed by atoms with van der Waals surface area (Å²) < 4.78 is 0. The Balaban J connectivity index is 2.15. The van der Waals surface area contributed by atoms with Gasteiger partial charge in [0.2, 0.25) is 0 Å². The number of amides is 1. The summed E-state index contributed by atoms with van der Waals surface area (Å²) in [6.07, 6.45) is 3.39. The van der Waals surface area contributed by atoms with Gasteiger partial charge in [0, 0.05) is 37.0 Å². The smallest absolute Gasteiger partial charge is 0.262 e. The molecule has 0 fully saturated rings. The number of nitrogens with zero attached hydrogens (tertiary/aromatic N) is 3. The van der Waals surface area contributed by atoms with Gasteiger partial charge in [-0.25, -0.2) is 4.98 Å². The van der Waals surface area contributed by atoms with Crippen LogP contribution in [-0.2, 0) is 17.8 Å². The molecule has 118 valence electrons. The molecule has 0 aromatic carbocycles. The first-order valence-corrected chi connectivity index (χ1v) is 8.49. The molecule has 1 amide bonds. The first-order chi connectivity index (χ1) is 10.5. The lowest BCUT2D eigenvalue weighted by Gasteiger charge is -2.29. The van der Waals surface area contributed by atoms with Crippen molar-refractivity contribution < 1.29 is 4.79 Å². The predicted octanol–water partition coefficient (Wildman–Crippen LogP) is 2.34. The molecular formula is C16H22N4OS. The predicted molar refractivity (Wildman–Crippen MR) is 88.3 cm³/mol. The van der Waals surface area contributed by atoms with Crippen LogP contribution in [0.5, 0.6) is 0 Å². The standard InChI is InChI=1S/C16H22N4OS/c1-4-6-18-16(21)12(9-17)8-15-19-13-5-7-20(11(2)3)10-14(13)22-15/h8,11H,4-7,10H2,1-3H3,(H,18,21)/b12-8+. The minimum Gasteiger partial charge on any atom is -0.351 e. The zero-order chi connectivity index (χ0) is 16.1. The van der Waals surface area contributed by atoms with Crippen LogP contribution >= 0.6 is 11.3 Å². The minimum absolute atomic E-state index is 0.125. The van der Waals surface area contributed by atoms with E-state index in [4.69, 9.17) is 5.26 Å². The maximum atomic E-state index is 11.9. The van der Waals surface area contributed by atoms with Crippen molar-refractivity contribution in [3.05, 3.63) is 21.2 Å². The Labute approximate surface area is 135 Å². The van der Waals surface area contributed by atoms with Crippen molar-refractivity contribution in [2.75, 3.05) is 13.1 Å². The Morgan fingerprint density at radius 2 is 2.36 bits per heavy atom. The van der Waals surface area contributed by atoms with Gasteiger partial charge in [0.15, 0.2) is 0 Å². The zero-order valence-corrected chi connectivity index (χ0v) is 14.2. The Morgan fingerprint density at radius 1 is 1.59 bits per heavy atom. The second-order valence-corrected chi connectivity index (χ2v) is 6.78. The summed E-state index contributed by atoms with van der Waals surface area (Å²) in [7, 11) is 0. The van der Waals surface area contributed by atoms with E-state index in [0.717, 1.165) is 36.6 Å². The van der Waals surface area contributed by atoms with Crippen molar-refractivity contribution in [1.82, 2.24) is 15.2 Å². The quantitative estimate of drug-likeness (QED) is 0.668. The molecule has 0 atom stereocenters. The number of carbonyl (C=O) groups is 1. The highest BCUT2D eigenvalue weighted by Gasteiger charge is 2.22. The summed E-state index contributed by atoms with van der Waals surface area (Å²) in [4.78, 5) is 20.1. The number of thiazole rings is 1. The molecule has 1 aliphatic rings. The Bertz CT molecular complexity index is 612. The fourth-order valence-electron chi connectivity index (χ4n) is 2.34. The summed E-state index contributed by atoms with van der Waals surface area (Å²) >= 11 is 1.58. The highest BCUT2D eigenvalue weighted by molar-refractivity contribution is 7.12. The van der Waals surface area contributed by atoms with Crippen molar-refractivity contribution in [3.63, 3.8) is 0 Å². The molecule has 1 N–H and O–H groups in total. The molecule has 6 heteroatoms. The number of nitrogens with one attached hydrogen (secondary N) is 1. The third-order valence-corrected chi connectivity index (χ3v) is 4.71. The minimum atomic E-state index is -0.318. The van der Waals surface area contributed by atoms with E-state index >= 15 is 0 Å². The average molecular weight is 318 g/mol. The van der Waals surface area contributed by atoms with E-state index in [-0.39, 0.29) is 11.5 Å². The second-order valence-electron chi connectivity index (χ2n) is 5.66. The SMILES string of the molecule is CCCNC(=O)/C(C#N)=C/c1nc2c(s1)CN(C(C)C)CC2. The Morgan fingerprint density at radius 3 is 3.00 bits per heavy atom. The molecule has 0 radical (unpaired) electrons. The first kappa shape index (κ1) is 16.7. The number of carbonyl (C=O) groups excluding carboxylic acids is 1. The van der Waals surface area contributed by atoms with E-state index in [2.05, 4.69) is 29.0 Å². The Kier molecular flexibility index (Phi) is 5.69. The van der Waals surface area contributed by atoms with Gasteiger partial charge in [0.05, 0.1) is 5.69 Å². The van der Waals surface area contributed by atoms with E-state index < -0.39 is 0 Å². The van der Waals surface area contributed by atoms with Gasteiger partial charge in [-0.3, -0.25) is 9.69 Å². The van der Waals surface area contributed by atoms with Crippen LogP contribution in [0.2, 0.25) is 0 Å². The van der Waals surface area contributed by atoms with E-state index in [1.807, 2.05) is 13.0 Å². The molecule has 0 aliphatic carbocycles. The Hall–Kier alpha value is -1.71. The molecule has 2 rings (SSSR count). The van der Waals surface area contributed by atoms with E-state index in [1.54, 1.807) is 17.4 Å². The number of fused-ring (bicyclic) bond motifs is 1. The first-order valence-electron chi connectivity index (χ1n) is 7.67. The molecule has 1 aromatic heterocycles. The topological polar surface area (TPSA) is 69.0 Å². The van der Waals surface area contributed by atoms with Crippen LogP contribution < -0.4 is 5.32 Å². The molecule has 5 nitrogen and oxygen atoms in total. The van der Waals surface area contributed by atoms with Crippen LogP contribution in [0.3, 0.4) is 0 Å². The maximum Gasteiger partial charge on any atom is 0.262 e. The van der Waals surface area contributed by atoms with Crippen molar-refractivity contribution in [2.45, 2.75) is 46.2 Å². The normalized spacial score (nSPS) is 15.5. The number of rotatable bonds is 5. The zero-order valence-electron chi connectivity index (χ0n) is 13.3. The number of hydrogen-bond donors (Lipinski definition) is 1. The number of hydrogen-bond acceptors (Lipinski definition) is 5. The highest BCUT2D eigenvalue weighted by Crippen LogP contribution is 2.27. The van der Waals surface area contributed by atoms with Gasteiger partial charge in [-0.2, -0.15) is 5.26 Å². The van der Waals surface area contributed by atoms with E-state index in [9.17, 15) is 4.79 Å². The summed E-state index contributed by atoms with van der Waals surface area (Å²) in [6.45, 7) is 8.86. The summed E-state index contributed by atoms with van der Waals surface area (Å²) in [6, 6.07) is 2.49. The van der Waals surface area contributed by atoms with Gasteiger partial charge < -0.3 is 5.32 Å². The van der Waals surface area contributed by atoms with E-state index in [1.165, 1.54) is 4.88 Å². The lowest BCUT2D eigenvalue weighted by molar-refractivity contribution is -0.117. The van der Waals surface area contributed by atoms with Crippen molar-refractivity contribution in [1.29, 1.82) is 5.26 Å². The lowest BCUT2D eigenvalue weighted by Crippen LogP contribution is -2.35. The molecule has 0 saturated heterocycles.